The quantitative estimate of drug-likeness (QED) is 0.387. The molecule has 3 aromatic rings. The van der Waals surface area contributed by atoms with Crippen molar-refractivity contribution < 1.29 is 19.1 Å². The molecule has 28 heavy (non-hydrogen) atoms. The van der Waals surface area contributed by atoms with E-state index in [1.807, 2.05) is 24.3 Å². The summed E-state index contributed by atoms with van der Waals surface area (Å²) >= 11 is 1.46. The first-order chi connectivity index (χ1) is 13.4. The lowest BCUT2D eigenvalue weighted by Gasteiger charge is -2.12. The van der Waals surface area contributed by atoms with Gasteiger partial charge in [0.05, 0.1) is 10.2 Å². The van der Waals surface area contributed by atoms with Crippen LogP contribution < -0.4 is 5.32 Å². The zero-order chi connectivity index (χ0) is 20.1. The Morgan fingerprint density at radius 3 is 2.50 bits per heavy atom. The smallest absolute Gasteiger partial charge is 0.331 e. The van der Waals surface area contributed by atoms with Crippen LogP contribution in [0.5, 0.6) is 0 Å². The van der Waals surface area contributed by atoms with Crippen molar-refractivity contribution in [3.63, 3.8) is 0 Å². The molecule has 0 saturated carbocycles. The van der Waals surface area contributed by atoms with Crippen LogP contribution >= 0.6 is 11.3 Å². The number of benzene rings is 2. The molecule has 0 spiro atoms. The van der Waals surface area contributed by atoms with E-state index < -0.39 is 18.0 Å². The van der Waals surface area contributed by atoms with Crippen molar-refractivity contribution in [2.75, 3.05) is 5.32 Å². The first-order valence-electron chi connectivity index (χ1n) is 8.58. The maximum absolute atomic E-state index is 12.2. The SMILES string of the molecule is CC(=O)c1ccc(NC(=O)C(C)OC(=O)/C=C/c2nc3ccccc3s2)cc1. The number of aromatic nitrogens is 1. The largest absolute Gasteiger partial charge is 0.449 e. The topological polar surface area (TPSA) is 85.4 Å². The Balaban J connectivity index is 1.55. The van der Waals surface area contributed by atoms with E-state index in [-0.39, 0.29) is 5.78 Å². The Morgan fingerprint density at radius 1 is 1.11 bits per heavy atom. The Kier molecular flexibility index (Phi) is 5.96. The molecule has 1 amide bonds. The standard InChI is InChI=1S/C21H18N2O4S/c1-13(24)15-7-9-16(10-8-15)22-21(26)14(2)27-20(25)12-11-19-23-17-5-3-4-6-18(17)28-19/h3-12,14H,1-2H3,(H,22,26)/b12-11+. The number of amides is 1. The van der Waals surface area contributed by atoms with Crippen LogP contribution in [0.2, 0.25) is 0 Å². The van der Waals surface area contributed by atoms with E-state index in [4.69, 9.17) is 4.74 Å². The van der Waals surface area contributed by atoms with Crippen LogP contribution in [-0.2, 0) is 14.3 Å². The number of nitrogens with one attached hydrogen (secondary N) is 1. The maximum Gasteiger partial charge on any atom is 0.331 e. The average molecular weight is 394 g/mol. The van der Waals surface area contributed by atoms with E-state index in [1.165, 1.54) is 31.3 Å². The third-order valence-electron chi connectivity index (χ3n) is 3.89. The van der Waals surface area contributed by atoms with Crippen LogP contribution in [0.3, 0.4) is 0 Å². The highest BCUT2D eigenvalue weighted by molar-refractivity contribution is 7.19. The molecule has 1 N–H and O–H groups in total. The van der Waals surface area contributed by atoms with E-state index >= 15 is 0 Å². The Morgan fingerprint density at radius 2 is 1.82 bits per heavy atom. The highest BCUT2D eigenvalue weighted by Gasteiger charge is 2.17. The summed E-state index contributed by atoms with van der Waals surface area (Å²) in [5.74, 6) is -1.15. The summed E-state index contributed by atoms with van der Waals surface area (Å²) in [6.45, 7) is 2.96. The van der Waals surface area contributed by atoms with Crippen LogP contribution in [0, 0.1) is 0 Å². The number of carbonyl (C=O) groups is 3. The van der Waals surface area contributed by atoms with Gasteiger partial charge < -0.3 is 10.1 Å². The number of nitrogens with zero attached hydrogens (tertiary/aromatic N) is 1. The summed E-state index contributed by atoms with van der Waals surface area (Å²) < 4.78 is 6.15. The minimum Gasteiger partial charge on any atom is -0.449 e. The second kappa shape index (κ2) is 8.58. The van der Waals surface area contributed by atoms with Crippen molar-refractivity contribution in [3.05, 3.63) is 65.2 Å². The fraction of sp³-hybridized carbons (Fsp3) is 0.143. The average Bonchev–Trinajstić information content (AvgIpc) is 3.09. The van der Waals surface area contributed by atoms with E-state index in [0.717, 1.165) is 10.2 Å². The highest BCUT2D eigenvalue weighted by Crippen LogP contribution is 2.22. The Labute approximate surface area is 165 Å². The van der Waals surface area contributed by atoms with Crippen molar-refractivity contribution >= 4 is 51.0 Å². The molecule has 0 radical (unpaired) electrons. The molecule has 0 fully saturated rings. The minimum absolute atomic E-state index is 0.0555. The number of ketones is 1. The molecule has 6 nitrogen and oxygen atoms in total. The number of thiazole rings is 1. The van der Waals surface area contributed by atoms with Crippen LogP contribution in [0.25, 0.3) is 16.3 Å². The molecule has 0 saturated heterocycles. The fourth-order valence-electron chi connectivity index (χ4n) is 2.40. The number of carbonyl (C=O) groups excluding carboxylic acids is 3. The van der Waals surface area contributed by atoms with E-state index in [2.05, 4.69) is 10.3 Å². The summed E-state index contributed by atoms with van der Waals surface area (Å²) in [7, 11) is 0. The number of hydrogen-bond donors (Lipinski definition) is 1. The van der Waals surface area contributed by atoms with E-state index in [9.17, 15) is 14.4 Å². The van der Waals surface area contributed by atoms with Crippen LogP contribution in [0.15, 0.2) is 54.6 Å². The van der Waals surface area contributed by atoms with Crippen molar-refractivity contribution in [2.24, 2.45) is 0 Å². The second-order valence-electron chi connectivity index (χ2n) is 6.06. The molecule has 0 aliphatic rings. The molecule has 2 aromatic carbocycles. The van der Waals surface area contributed by atoms with E-state index in [0.29, 0.717) is 16.3 Å². The van der Waals surface area contributed by atoms with Gasteiger partial charge in [-0.2, -0.15) is 0 Å². The summed E-state index contributed by atoms with van der Waals surface area (Å²) in [4.78, 5) is 39.8. The minimum atomic E-state index is -0.972. The van der Waals surface area contributed by atoms with Gasteiger partial charge in [-0.05, 0) is 56.3 Å². The molecule has 1 heterocycles. The lowest BCUT2D eigenvalue weighted by molar-refractivity contribution is -0.148. The zero-order valence-corrected chi connectivity index (χ0v) is 16.2. The number of hydrogen-bond acceptors (Lipinski definition) is 6. The molecular formula is C21H18N2O4S. The first kappa shape index (κ1) is 19.4. The molecule has 7 heteroatoms. The molecule has 0 aliphatic heterocycles. The van der Waals surface area contributed by atoms with Gasteiger partial charge in [0.15, 0.2) is 11.9 Å². The number of ether oxygens (including phenoxy) is 1. The third-order valence-corrected chi connectivity index (χ3v) is 4.90. The van der Waals surface area contributed by atoms with Crippen molar-refractivity contribution in [1.29, 1.82) is 0 Å². The predicted octanol–water partition coefficient (Wildman–Crippen LogP) is 4.08. The maximum atomic E-state index is 12.2. The monoisotopic (exact) mass is 394 g/mol. The van der Waals surface area contributed by atoms with Crippen LogP contribution in [-0.4, -0.2) is 28.7 Å². The van der Waals surface area contributed by atoms with Gasteiger partial charge in [-0.15, -0.1) is 11.3 Å². The van der Waals surface area contributed by atoms with Gasteiger partial charge in [-0.3, -0.25) is 9.59 Å². The molecule has 0 bridgehead atoms. The molecule has 0 aliphatic carbocycles. The molecule has 1 atom stereocenters. The van der Waals surface area contributed by atoms with Crippen LogP contribution in [0.4, 0.5) is 5.69 Å². The van der Waals surface area contributed by atoms with Crippen molar-refractivity contribution in [1.82, 2.24) is 4.98 Å². The molecule has 3 rings (SSSR count). The predicted molar refractivity (Wildman–Crippen MR) is 109 cm³/mol. The second-order valence-corrected chi connectivity index (χ2v) is 7.12. The number of rotatable bonds is 6. The summed E-state index contributed by atoms with van der Waals surface area (Å²) in [6, 6.07) is 14.2. The first-order valence-corrected chi connectivity index (χ1v) is 9.40. The van der Waals surface area contributed by atoms with Gasteiger partial charge in [0.25, 0.3) is 5.91 Å². The lowest BCUT2D eigenvalue weighted by Crippen LogP contribution is -2.29. The fourth-order valence-corrected chi connectivity index (χ4v) is 3.27. The van der Waals surface area contributed by atoms with E-state index in [1.54, 1.807) is 30.3 Å². The van der Waals surface area contributed by atoms with Crippen molar-refractivity contribution in [3.8, 4) is 0 Å². The van der Waals surface area contributed by atoms with Gasteiger partial charge in [-0.25, -0.2) is 9.78 Å². The summed E-state index contributed by atoms with van der Waals surface area (Å²) in [6.07, 6.45) is 1.85. The number of esters is 1. The summed E-state index contributed by atoms with van der Waals surface area (Å²) in [5.41, 5.74) is 1.93. The van der Waals surface area contributed by atoms with Gasteiger partial charge in [0.2, 0.25) is 0 Å². The molecule has 142 valence electrons. The Hall–Kier alpha value is -3.32. The van der Waals surface area contributed by atoms with Gasteiger partial charge >= 0.3 is 5.97 Å². The van der Waals surface area contributed by atoms with Gasteiger partial charge in [0.1, 0.15) is 5.01 Å². The lowest BCUT2D eigenvalue weighted by atomic mass is 10.1. The number of para-hydroxylation sites is 1. The number of anilines is 1. The van der Waals surface area contributed by atoms with Crippen LogP contribution in [0.1, 0.15) is 29.2 Å². The number of Topliss-reactive ketones (excluding diaryl/α,β-unsaturated/α-hetero) is 1. The molecule has 1 aromatic heterocycles. The number of fused-ring (bicyclic) bond motifs is 1. The molecule has 1 unspecified atom stereocenters. The zero-order valence-electron chi connectivity index (χ0n) is 15.3. The summed E-state index contributed by atoms with van der Waals surface area (Å²) in [5, 5.41) is 3.32. The van der Waals surface area contributed by atoms with Gasteiger partial charge in [-0.1, -0.05) is 12.1 Å². The van der Waals surface area contributed by atoms with Gasteiger partial charge in [0, 0.05) is 17.3 Å². The Bertz CT molecular complexity index is 1020. The highest BCUT2D eigenvalue weighted by atomic mass is 32.1. The van der Waals surface area contributed by atoms with Crippen molar-refractivity contribution in [2.45, 2.75) is 20.0 Å². The third kappa shape index (κ3) is 4.89. The normalized spacial score (nSPS) is 12.1. The molecular weight excluding hydrogens is 376 g/mol.